The summed E-state index contributed by atoms with van der Waals surface area (Å²) in [5, 5.41) is 7.74. The van der Waals surface area contributed by atoms with E-state index in [9.17, 15) is 0 Å². The lowest BCUT2D eigenvalue weighted by Gasteiger charge is -2.26. The van der Waals surface area contributed by atoms with Crippen molar-refractivity contribution in [2.75, 3.05) is 26.3 Å². The first-order valence-electron chi connectivity index (χ1n) is 5.29. The van der Waals surface area contributed by atoms with Crippen LogP contribution >= 0.6 is 11.6 Å². The van der Waals surface area contributed by atoms with Gasteiger partial charge in [-0.1, -0.05) is 11.6 Å². The van der Waals surface area contributed by atoms with E-state index in [2.05, 4.69) is 9.89 Å². The van der Waals surface area contributed by atoms with Gasteiger partial charge in [-0.25, -0.2) is 0 Å². The number of nitrogens with one attached hydrogen (secondary N) is 1. The van der Waals surface area contributed by atoms with Crippen LogP contribution in [0.15, 0.2) is 4.99 Å². The Labute approximate surface area is 94.8 Å². The van der Waals surface area contributed by atoms with Crippen molar-refractivity contribution in [3.05, 3.63) is 0 Å². The van der Waals surface area contributed by atoms with Gasteiger partial charge < -0.3 is 4.74 Å². The van der Waals surface area contributed by atoms with Crippen LogP contribution in [0.3, 0.4) is 0 Å². The van der Waals surface area contributed by atoms with Gasteiger partial charge in [-0.2, -0.15) is 0 Å². The lowest BCUT2D eigenvalue weighted by Crippen LogP contribution is -2.39. The highest BCUT2D eigenvalue weighted by molar-refractivity contribution is 6.65. The molecule has 1 heterocycles. The third-order valence-corrected chi connectivity index (χ3v) is 3.28. The lowest BCUT2D eigenvalue weighted by molar-refractivity contribution is 0.0322. The number of ether oxygens (including phenoxy) is 1. The van der Waals surface area contributed by atoms with Gasteiger partial charge in [-0.15, -0.1) is 0 Å². The van der Waals surface area contributed by atoms with Gasteiger partial charge in [0.15, 0.2) is 0 Å². The fourth-order valence-electron chi connectivity index (χ4n) is 2.25. The maximum Gasteiger partial charge on any atom is 0.104 e. The molecular formula is C10H16ClN3O. The molecule has 2 unspecified atom stereocenters. The average molecular weight is 230 g/mol. The molecule has 1 N–H and O–H groups in total. The molecule has 2 aliphatic rings. The second-order valence-corrected chi connectivity index (χ2v) is 4.32. The van der Waals surface area contributed by atoms with E-state index in [1.54, 1.807) is 6.21 Å². The number of halogens is 1. The van der Waals surface area contributed by atoms with E-state index >= 15 is 0 Å². The predicted molar refractivity (Wildman–Crippen MR) is 61.2 cm³/mol. The van der Waals surface area contributed by atoms with Gasteiger partial charge in [0.1, 0.15) is 5.17 Å². The van der Waals surface area contributed by atoms with E-state index < -0.39 is 0 Å². The van der Waals surface area contributed by atoms with Crippen LogP contribution in [0.2, 0.25) is 0 Å². The van der Waals surface area contributed by atoms with Crippen LogP contribution in [-0.4, -0.2) is 54.7 Å². The Morgan fingerprint density at radius 2 is 2.20 bits per heavy atom. The highest BCUT2D eigenvalue weighted by Gasteiger charge is 2.55. The minimum Gasteiger partial charge on any atom is -0.379 e. The van der Waals surface area contributed by atoms with E-state index in [1.165, 1.54) is 0 Å². The highest BCUT2D eigenvalue weighted by atomic mass is 35.5. The van der Waals surface area contributed by atoms with E-state index in [1.807, 2.05) is 6.92 Å². The fourth-order valence-corrected chi connectivity index (χ4v) is 2.51. The van der Waals surface area contributed by atoms with Gasteiger partial charge in [-0.05, 0) is 13.1 Å². The first-order valence-corrected chi connectivity index (χ1v) is 5.67. The summed E-state index contributed by atoms with van der Waals surface area (Å²) in [4.78, 5) is 6.70. The first kappa shape index (κ1) is 11.0. The molecule has 15 heavy (non-hydrogen) atoms. The Morgan fingerprint density at radius 1 is 1.53 bits per heavy atom. The quantitative estimate of drug-likeness (QED) is 0.734. The van der Waals surface area contributed by atoms with Crippen LogP contribution in [-0.2, 0) is 4.74 Å². The molecule has 0 aromatic heterocycles. The van der Waals surface area contributed by atoms with E-state index in [0.29, 0.717) is 6.04 Å². The molecule has 1 saturated carbocycles. The topological polar surface area (TPSA) is 48.7 Å². The predicted octanol–water partition coefficient (Wildman–Crippen LogP) is 0.992. The number of hydrogen-bond donors (Lipinski definition) is 1. The molecule has 5 heteroatoms. The van der Waals surface area contributed by atoms with Crippen molar-refractivity contribution in [1.82, 2.24) is 4.90 Å². The number of nitrogens with zero attached hydrogens (tertiary/aromatic N) is 2. The third kappa shape index (κ3) is 2.22. The molecule has 1 aliphatic carbocycles. The van der Waals surface area contributed by atoms with Crippen LogP contribution in [0.1, 0.15) is 6.92 Å². The summed E-state index contributed by atoms with van der Waals surface area (Å²) < 4.78 is 5.30. The fraction of sp³-hybridized carbons (Fsp3) is 0.800. The van der Waals surface area contributed by atoms with E-state index in [-0.39, 0.29) is 17.1 Å². The van der Waals surface area contributed by atoms with Crippen LogP contribution in [0.4, 0.5) is 0 Å². The largest absolute Gasteiger partial charge is 0.379 e. The van der Waals surface area contributed by atoms with Crippen molar-refractivity contribution in [2.45, 2.75) is 19.0 Å². The first-order chi connectivity index (χ1) is 7.25. The average Bonchev–Trinajstić information content (AvgIpc) is 2.94. The molecule has 2 rings (SSSR count). The molecular weight excluding hydrogens is 214 g/mol. The molecule has 1 saturated heterocycles. The Morgan fingerprint density at radius 3 is 2.73 bits per heavy atom. The SMILES string of the molecule is C/C=N\[C@H]1C(C(=N)Cl)C1N1CCOCC1. The zero-order chi connectivity index (χ0) is 10.8. The lowest BCUT2D eigenvalue weighted by atomic mass is 10.3. The summed E-state index contributed by atoms with van der Waals surface area (Å²) in [5.41, 5.74) is 0. The van der Waals surface area contributed by atoms with Crippen molar-refractivity contribution >= 4 is 23.0 Å². The molecule has 0 aromatic rings. The van der Waals surface area contributed by atoms with Gasteiger partial charge in [0.25, 0.3) is 0 Å². The number of hydrogen-bond acceptors (Lipinski definition) is 4. The van der Waals surface area contributed by atoms with Gasteiger partial charge >= 0.3 is 0 Å². The van der Waals surface area contributed by atoms with Crippen LogP contribution in [0, 0.1) is 11.3 Å². The zero-order valence-electron chi connectivity index (χ0n) is 8.82. The number of rotatable bonds is 3. The minimum atomic E-state index is 0.112. The molecule has 0 bridgehead atoms. The normalized spacial score (nSPS) is 37.1. The molecule has 0 spiro atoms. The maximum absolute atomic E-state index is 7.50. The Hall–Kier alpha value is -0.450. The summed E-state index contributed by atoms with van der Waals surface area (Å²) in [6.45, 7) is 5.33. The summed E-state index contributed by atoms with van der Waals surface area (Å²) in [6.07, 6.45) is 1.80. The van der Waals surface area contributed by atoms with Crippen molar-refractivity contribution in [3.8, 4) is 0 Å². The highest BCUT2D eigenvalue weighted by Crippen LogP contribution is 2.41. The van der Waals surface area contributed by atoms with Crippen LogP contribution in [0.5, 0.6) is 0 Å². The molecule has 1 aliphatic heterocycles. The van der Waals surface area contributed by atoms with Gasteiger partial charge in [0.05, 0.1) is 25.2 Å². The molecule has 0 amide bonds. The second kappa shape index (κ2) is 4.60. The maximum atomic E-state index is 7.50. The monoisotopic (exact) mass is 229 g/mol. The van der Waals surface area contributed by atoms with Gasteiger partial charge in [-0.3, -0.25) is 15.3 Å². The second-order valence-electron chi connectivity index (χ2n) is 3.91. The summed E-state index contributed by atoms with van der Waals surface area (Å²) in [5.74, 6) is 0.112. The number of aliphatic imine (C=N–C) groups is 1. The summed E-state index contributed by atoms with van der Waals surface area (Å²) in [6, 6.07) is 0.521. The Bertz CT molecular complexity index is 276. The van der Waals surface area contributed by atoms with E-state index in [4.69, 9.17) is 21.7 Å². The zero-order valence-corrected chi connectivity index (χ0v) is 9.57. The van der Waals surface area contributed by atoms with Gasteiger partial charge in [0.2, 0.25) is 0 Å². The molecule has 84 valence electrons. The van der Waals surface area contributed by atoms with E-state index in [0.717, 1.165) is 26.3 Å². The number of morpholine rings is 1. The molecule has 0 aromatic carbocycles. The summed E-state index contributed by atoms with van der Waals surface area (Å²) >= 11 is 5.77. The standard InChI is InChI=1S/C10H16ClN3O/c1-2-13-8-7(10(11)12)9(8)14-3-5-15-6-4-14/h2,7-9,12H,3-6H2,1H3/b12-10?,13-2-/t7?,8-,9?/m0/s1. The van der Waals surface area contributed by atoms with Crippen molar-refractivity contribution in [3.63, 3.8) is 0 Å². The minimum absolute atomic E-state index is 0.112. The summed E-state index contributed by atoms with van der Waals surface area (Å²) in [7, 11) is 0. The van der Waals surface area contributed by atoms with Crippen molar-refractivity contribution in [1.29, 1.82) is 5.41 Å². The smallest absolute Gasteiger partial charge is 0.104 e. The van der Waals surface area contributed by atoms with Gasteiger partial charge in [0, 0.05) is 19.1 Å². The molecule has 4 nitrogen and oxygen atoms in total. The Balaban J connectivity index is 1.99. The molecule has 3 atom stereocenters. The van der Waals surface area contributed by atoms with Crippen molar-refractivity contribution in [2.24, 2.45) is 10.9 Å². The molecule has 2 fully saturated rings. The van der Waals surface area contributed by atoms with Crippen LogP contribution < -0.4 is 0 Å². The Kier molecular flexibility index (Phi) is 3.38. The third-order valence-electron chi connectivity index (χ3n) is 3.03. The van der Waals surface area contributed by atoms with Crippen molar-refractivity contribution < 1.29 is 4.74 Å². The molecule has 0 radical (unpaired) electrons. The van der Waals surface area contributed by atoms with Crippen LogP contribution in [0.25, 0.3) is 0 Å².